The van der Waals surface area contributed by atoms with Crippen LogP contribution in [-0.2, 0) is 4.79 Å². The lowest BCUT2D eigenvalue weighted by Gasteiger charge is -2.43. The fourth-order valence-electron chi connectivity index (χ4n) is 3.44. The number of carboxylic acid groups (broad SMARTS) is 1. The van der Waals surface area contributed by atoms with Crippen LogP contribution in [0.5, 0.6) is 0 Å². The SMILES string of the molecule is CCCC(C)(CN1CCC(CC)(CC)CC1)C(=O)O. The lowest BCUT2D eigenvalue weighted by Crippen LogP contribution is -2.46. The van der Waals surface area contributed by atoms with E-state index in [2.05, 4.69) is 25.7 Å². The summed E-state index contributed by atoms with van der Waals surface area (Å²) in [4.78, 5) is 13.9. The summed E-state index contributed by atoms with van der Waals surface area (Å²) in [5.41, 5.74) is -0.0614. The molecule has 112 valence electrons. The minimum atomic E-state index is -0.642. The number of aliphatic carboxylic acids is 1. The van der Waals surface area contributed by atoms with E-state index in [0.29, 0.717) is 12.0 Å². The van der Waals surface area contributed by atoms with E-state index in [1.807, 2.05) is 6.92 Å². The molecule has 0 aromatic carbocycles. The van der Waals surface area contributed by atoms with Crippen LogP contribution in [0.25, 0.3) is 0 Å². The Hall–Kier alpha value is -0.570. The first-order valence-electron chi connectivity index (χ1n) is 7.87. The van der Waals surface area contributed by atoms with Gasteiger partial charge in [-0.2, -0.15) is 0 Å². The molecule has 3 heteroatoms. The number of hydrogen-bond acceptors (Lipinski definition) is 2. The van der Waals surface area contributed by atoms with Gasteiger partial charge in [0.2, 0.25) is 0 Å². The van der Waals surface area contributed by atoms with Crippen molar-refractivity contribution in [3.63, 3.8) is 0 Å². The highest BCUT2D eigenvalue weighted by Crippen LogP contribution is 2.39. The molecule has 0 spiro atoms. The van der Waals surface area contributed by atoms with Gasteiger partial charge in [-0.1, -0.05) is 40.0 Å². The summed E-state index contributed by atoms with van der Waals surface area (Å²) in [7, 11) is 0. The highest BCUT2D eigenvalue weighted by molar-refractivity contribution is 5.74. The molecule has 1 N–H and O–H groups in total. The minimum Gasteiger partial charge on any atom is -0.481 e. The Labute approximate surface area is 118 Å². The predicted octanol–water partition coefficient (Wildman–Crippen LogP) is 3.78. The van der Waals surface area contributed by atoms with Crippen LogP contribution >= 0.6 is 0 Å². The Morgan fingerprint density at radius 2 is 1.74 bits per heavy atom. The minimum absolute atomic E-state index is 0.515. The first-order chi connectivity index (χ1) is 8.91. The smallest absolute Gasteiger partial charge is 0.310 e. The molecule has 0 aromatic heterocycles. The van der Waals surface area contributed by atoms with Crippen LogP contribution in [0.2, 0.25) is 0 Å². The maximum atomic E-state index is 11.5. The highest BCUT2D eigenvalue weighted by Gasteiger charge is 2.37. The largest absolute Gasteiger partial charge is 0.481 e. The number of nitrogens with zero attached hydrogens (tertiary/aromatic N) is 1. The van der Waals surface area contributed by atoms with Crippen molar-refractivity contribution in [3.8, 4) is 0 Å². The normalized spacial score (nSPS) is 22.9. The molecular weight excluding hydrogens is 238 g/mol. The van der Waals surface area contributed by atoms with Crippen LogP contribution in [0, 0.1) is 10.8 Å². The summed E-state index contributed by atoms with van der Waals surface area (Å²) in [6.07, 6.45) is 6.66. The van der Waals surface area contributed by atoms with E-state index in [-0.39, 0.29) is 0 Å². The summed E-state index contributed by atoms with van der Waals surface area (Å²) in [6.45, 7) is 11.4. The molecule has 0 radical (unpaired) electrons. The molecular formula is C16H31NO2. The molecule has 0 bridgehead atoms. The van der Waals surface area contributed by atoms with Crippen LogP contribution in [-0.4, -0.2) is 35.6 Å². The monoisotopic (exact) mass is 269 g/mol. The van der Waals surface area contributed by atoms with Crippen LogP contribution in [0.15, 0.2) is 0 Å². The number of likely N-dealkylation sites (tertiary alicyclic amines) is 1. The maximum absolute atomic E-state index is 11.5. The third kappa shape index (κ3) is 3.95. The zero-order valence-electron chi connectivity index (χ0n) is 13.2. The van der Waals surface area contributed by atoms with Crippen LogP contribution in [0.3, 0.4) is 0 Å². The molecule has 3 nitrogen and oxygen atoms in total. The quantitative estimate of drug-likeness (QED) is 0.764. The molecule has 0 aliphatic carbocycles. The molecule has 1 saturated heterocycles. The zero-order valence-corrected chi connectivity index (χ0v) is 13.2. The van der Waals surface area contributed by atoms with E-state index in [1.165, 1.54) is 25.7 Å². The van der Waals surface area contributed by atoms with Crippen molar-refractivity contribution in [2.75, 3.05) is 19.6 Å². The molecule has 1 unspecified atom stereocenters. The van der Waals surface area contributed by atoms with Gasteiger partial charge >= 0.3 is 5.97 Å². The van der Waals surface area contributed by atoms with Crippen molar-refractivity contribution in [2.45, 2.75) is 66.2 Å². The number of rotatable bonds is 7. The Bertz CT molecular complexity index is 289. The van der Waals surface area contributed by atoms with Gasteiger partial charge in [-0.05, 0) is 44.7 Å². The van der Waals surface area contributed by atoms with Gasteiger partial charge in [-0.15, -0.1) is 0 Å². The van der Waals surface area contributed by atoms with Gasteiger partial charge in [-0.25, -0.2) is 0 Å². The van der Waals surface area contributed by atoms with E-state index in [0.717, 1.165) is 25.9 Å². The molecule has 1 fully saturated rings. The number of carbonyl (C=O) groups is 1. The molecule has 1 aliphatic heterocycles. The van der Waals surface area contributed by atoms with Crippen molar-refractivity contribution >= 4 is 5.97 Å². The molecule has 1 atom stereocenters. The fourth-order valence-corrected chi connectivity index (χ4v) is 3.44. The van der Waals surface area contributed by atoms with Gasteiger partial charge < -0.3 is 10.0 Å². The van der Waals surface area contributed by atoms with E-state index in [1.54, 1.807) is 0 Å². The van der Waals surface area contributed by atoms with Crippen molar-refractivity contribution < 1.29 is 9.90 Å². The molecule has 19 heavy (non-hydrogen) atoms. The summed E-state index contributed by atoms with van der Waals surface area (Å²) in [6, 6.07) is 0. The Kier molecular flexibility index (Phi) is 5.84. The second-order valence-electron chi connectivity index (χ2n) is 6.60. The lowest BCUT2D eigenvalue weighted by atomic mass is 9.73. The van der Waals surface area contributed by atoms with Gasteiger partial charge in [-0.3, -0.25) is 4.79 Å². The summed E-state index contributed by atoms with van der Waals surface area (Å²) in [5, 5.41) is 9.46. The molecule has 0 amide bonds. The zero-order chi connectivity index (χ0) is 14.5. The van der Waals surface area contributed by atoms with Crippen molar-refractivity contribution in [1.82, 2.24) is 4.90 Å². The van der Waals surface area contributed by atoms with E-state index < -0.39 is 11.4 Å². The topological polar surface area (TPSA) is 40.5 Å². The highest BCUT2D eigenvalue weighted by atomic mass is 16.4. The maximum Gasteiger partial charge on any atom is 0.310 e. The van der Waals surface area contributed by atoms with Crippen LogP contribution < -0.4 is 0 Å². The first-order valence-corrected chi connectivity index (χ1v) is 7.87. The average molecular weight is 269 g/mol. The van der Waals surface area contributed by atoms with Gasteiger partial charge in [0.25, 0.3) is 0 Å². The number of piperidine rings is 1. The molecule has 1 rings (SSSR count). The van der Waals surface area contributed by atoms with Crippen LogP contribution in [0.4, 0.5) is 0 Å². The van der Waals surface area contributed by atoms with Crippen molar-refractivity contribution in [2.24, 2.45) is 10.8 Å². The first kappa shape index (κ1) is 16.5. The van der Waals surface area contributed by atoms with Gasteiger partial charge in [0.15, 0.2) is 0 Å². The molecule has 0 aromatic rings. The van der Waals surface area contributed by atoms with Crippen molar-refractivity contribution in [3.05, 3.63) is 0 Å². The summed E-state index contributed by atoms with van der Waals surface area (Å²) < 4.78 is 0. The summed E-state index contributed by atoms with van der Waals surface area (Å²) >= 11 is 0. The molecule has 1 heterocycles. The average Bonchev–Trinajstić information content (AvgIpc) is 2.40. The Morgan fingerprint density at radius 3 is 2.11 bits per heavy atom. The summed E-state index contributed by atoms with van der Waals surface area (Å²) in [5.74, 6) is -0.642. The van der Waals surface area contributed by atoms with Crippen LogP contribution in [0.1, 0.15) is 66.2 Å². The Morgan fingerprint density at radius 1 is 1.21 bits per heavy atom. The third-order valence-corrected chi connectivity index (χ3v) is 5.31. The molecule has 0 saturated carbocycles. The number of hydrogen-bond donors (Lipinski definition) is 1. The Balaban J connectivity index is 2.58. The van der Waals surface area contributed by atoms with Gasteiger partial charge in [0.1, 0.15) is 0 Å². The lowest BCUT2D eigenvalue weighted by molar-refractivity contribution is -0.150. The van der Waals surface area contributed by atoms with Gasteiger partial charge in [0.05, 0.1) is 5.41 Å². The third-order valence-electron chi connectivity index (χ3n) is 5.31. The second-order valence-corrected chi connectivity index (χ2v) is 6.60. The van der Waals surface area contributed by atoms with Gasteiger partial charge in [0, 0.05) is 6.54 Å². The van der Waals surface area contributed by atoms with E-state index >= 15 is 0 Å². The standard InChI is InChI=1S/C16H31NO2/c1-5-8-15(4,14(18)19)13-17-11-9-16(6-2,7-3)10-12-17/h5-13H2,1-4H3,(H,18,19). The van der Waals surface area contributed by atoms with E-state index in [4.69, 9.17) is 0 Å². The fraction of sp³-hybridized carbons (Fsp3) is 0.938. The predicted molar refractivity (Wildman–Crippen MR) is 79.3 cm³/mol. The second kappa shape index (κ2) is 6.74. The molecule has 1 aliphatic rings. The van der Waals surface area contributed by atoms with E-state index in [9.17, 15) is 9.90 Å². The number of carboxylic acids is 1. The van der Waals surface area contributed by atoms with Crippen molar-refractivity contribution in [1.29, 1.82) is 0 Å².